The van der Waals surface area contributed by atoms with Crippen LogP contribution in [0.2, 0.25) is 0 Å². The molecule has 2 atom stereocenters. The van der Waals surface area contributed by atoms with Crippen molar-refractivity contribution in [1.82, 2.24) is 14.5 Å². The van der Waals surface area contributed by atoms with E-state index in [1.807, 2.05) is 41.7 Å². The number of ether oxygens (including phenoxy) is 1. The maximum absolute atomic E-state index is 13.4. The van der Waals surface area contributed by atoms with Crippen molar-refractivity contribution in [3.8, 4) is 0 Å². The Morgan fingerprint density at radius 2 is 2.03 bits per heavy atom. The lowest BCUT2D eigenvalue weighted by Gasteiger charge is -2.37. The minimum atomic E-state index is -0.257. The Bertz CT molecular complexity index is 1140. The topological polar surface area (TPSA) is 47.4 Å². The van der Waals surface area contributed by atoms with E-state index < -0.39 is 0 Å². The maximum atomic E-state index is 13.4. The van der Waals surface area contributed by atoms with Crippen molar-refractivity contribution in [2.75, 3.05) is 7.11 Å². The van der Waals surface area contributed by atoms with Gasteiger partial charge in [0.05, 0.1) is 30.9 Å². The molecule has 2 fully saturated rings. The van der Waals surface area contributed by atoms with Crippen molar-refractivity contribution in [2.24, 2.45) is 0 Å². The second kappa shape index (κ2) is 9.61. The van der Waals surface area contributed by atoms with Crippen LogP contribution in [0.25, 0.3) is 5.70 Å². The van der Waals surface area contributed by atoms with Gasteiger partial charge in [0.15, 0.2) is 0 Å². The summed E-state index contributed by atoms with van der Waals surface area (Å²) < 4.78 is 20.9. The largest absolute Gasteiger partial charge is 0.495 e. The number of piperidine rings is 1. The third-order valence-corrected chi connectivity index (χ3v) is 6.38. The molecule has 2 aromatic rings. The van der Waals surface area contributed by atoms with Crippen LogP contribution >= 0.6 is 0 Å². The summed E-state index contributed by atoms with van der Waals surface area (Å²) in [6.45, 7) is 7.81. The summed E-state index contributed by atoms with van der Waals surface area (Å²) in [7, 11) is 1.62. The number of amides is 1. The third-order valence-electron chi connectivity index (χ3n) is 6.38. The number of carbonyl (C=O) groups excluding carboxylic acids is 1. The number of hydrogen-bond acceptors (Lipinski definition) is 3. The smallest absolute Gasteiger partial charge is 0.250 e. The first-order chi connectivity index (χ1) is 15.9. The minimum Gasteiger partial charge on any atom is -0.495 e. The zero-order chi connectivity index (χ0) is 23.5. The number of allylic oxidation sites excluding steroid dienone is 5. The lowest BCUT2D eigenvalue weighted by Crippen LogP contribution is -2.39. The molecular formula is C27H30FN3O2. The van der Waals surface area contributed by atoms with Gasteiger partial charge in [-0.1, -0.05) is 24.8 Å². The monoisotopic (exact) mass is 447 g/mol. The van der Waals surface area contributed by atoms with Gasteiger partial charge >= 0.3 is 0 Å². The standard InChI is InChI=1S/C27H30FN3O2/c1-5-24(30-16-19(3)29-17-30)26(33-4)14-18(2)13-21-15-23-7-6-8-25(31(23)27(21)32)20-9-11-22(28)12-10-20/h5,9-14,16-17,23,25H,1,6-8,15H2,2-4H3/b18-14+,21-13+,26-24-/t23-,25-/m0/s1. The number of rotatable bonds is 6. The average Bonchev–Trinajstić information content (AvgIpc) is 3.37. The van der Waals surface area contributed by atoms with Gasteiger partial charge in [0.25, 0.3) is 5.91 Å². The molecule has 2 aliphatic heterocycles. The van der Waals surface area contributed by atoms with E-state index in [0.29, 0.717) is 5.76 Å². The lowest BCUT2D eigenvalue weighted by molar-refractivity contribution is -0.130. The number of imidazole rings is 1. The first-order valence-corrected chi connectivity index (χ1v) is 11.3. The van der Waals surface area contributed by atoms with Gasteiger partial charge in [-0.05, 0) is 75.0 Å². The number of aromatic nitrogens is 2. The highest BCUT2D eigenvalue weighted by Gasteiger charge is 2.42. The molecule has 0 aliphatic carbocycles. The first kappa shape index (κ1) is 22.8. The molecule has 1 aromatic carbocycles. The fourth-order valence-corrected chi connectivity index (χ4v) is 4.87. The van der Waals surface area contributed by atoms with Crippen molar-refractivity contribution in [3.05, 3.63) is 95.6 Å². The van der Waals surface area contributed by atoms with E-state index in [1.165, 1.54) is 12.1 Å². The van der Waals surface area contributed by atoms with Crippen LogP contribution in [0.3, 0.4) is 0 Å². The predicted molar refractivity (Wildman–Crippen MR) is 127 cm³/mol. The van der Waals surface area contributed by atoms with Crippen molar-refractivity contribution < 1.29 is 13.9 Å². The highest BCUT2D eigenvalue weighted by atomic mass is 19.1. The molecule has 3 heterocycles. The Labute approximate surface area is 194 Å². The van der Waals surface area contributed by atoms with Crippen molar-refractivity contribution in [1.29, 1.82) is 0 Å². The van der Waals surface area contributed by atoms with E-state index >= 15 is 0 Å². The van der Waals surface area contributed by atoms with Gasteiger partial charge in [0, 0.05) is 17.8 Å². The highest BCUT2D eigenvalue weighted by Crippen LogP contribution is 2.42. The van der Waals surface area contributed by atoms with Gasteiger partial charge in [0.2, 0.25) is 0 Å². The molecule has 0 saturated carbocycles. The molecule has 2 saturated heterocycles. The zero-order valence-electron chi connectivity index (χ0n) is 19.4. The summed E-state index contributed by atoms with van der Waals surface area (Å²) in [4.78, 5) is 19.7. The Morgan fingerprint density at radius 1 is 1.27 bits per heavy atom. The Balaban J connectivity index is 1.61. The number of hydrogen-bond donors (Lipinski definition) is 0. The second-order valence-electron chi connectivity index (χ2n) is 8.71. The quantitative estimate of drug-likeness (QED) is 0.323. The summed E-state index contributed by atoms with van der Waals surface area (Å²) >= 11 is 0. The van der Waals surface area contributed by atoms with Crippen LogP contribution in [0.5, 0.6) is 0 Å². The van der Waals surface area contributed by atoms with Gasteiger partial charge in [-0.3, -0.25) is 4.79 Å². The maximum Gasteiger partial charge on any atom is 0.250 e. The fraction of sp³-hybridized carbons (Fsp3) is 0.333. The fourth-order valence-electron chi connectivity index (χ4n) is 4.87. The number of methoxy groups -OCH3 is 1. The van der Waals surface area contributed by atoms with Crippen LogP contribution in [-0.2, 0) is 9.53 Å². The van der Waals surface area contributed by atoms with E-state index in [0.717, 1.165) is 53.8 Å². The molecule has 1 amide bonds. The van der Waals surface area contributed by atoms with E-state index in [9.17, 15) is 9.18 Å². The summed E-state index contributed by atoms with van der Waals surface area (Å²) in [6.07, 6.45) is 12.9. The van der Waals surface area contributed by atoms with Gasteiger partial charge in [0.1, 0.15) is 11.6 Å². The molecular weight excluding hydrogens is 417 g/mol. The number of nitrogens with zero attached hydrogens (tertiary/aromatic N) is 3. The number of aryl methyl sites for hydroxylation is 1. The second-order valence-corrected chi connectivity index (χ2v) is 8.71. The van der Waals surface area contributed by atoms with Crippen molar-refractivity contribution >= 4 is 11.6 Å². The molecule has 33 heavy (non-hydrogen) atoms. The van der Waals surface area contributed by atoms with Crippen LogP contribution in [-0.4, -0.2) is 33.5 Å². The molecule has 6 heteroatoms. The average molecular weight is 448 g/mol. The molecule has 0 N–H and O–H groups in total. The SMILES string of the molecule is C=C\C(=C(/C=C(C)/C=C1\C[C@@H]2CCC[C@@H](c3ccc(F)cc3)N2C1=O)OC)n1cnc(C)c1. The Hall–Kier alpha value is -3.41. The minimum absolute atomic E-state index is 0.00156. The van der Waals surface area contributed by atoms with Crippen LogP contribution in [0.4, 0.5) is 4.39 Å². The van der Waals surface area contributed by atoms with E-state index in [2.05, 4.69) is 11.6 Å². The molecule has 0 bridgehead atoms. The summed E-state index contributed by atoms with van der Waals surface area (Å²) in [5, 5.41) is 0. The molecule has 2 aliphatic rings. The van der Waals surface area contributed by atoms with Crippen LogP contribution in [0.15, 0.2) is 78.5 Å². The van der Waals surface area contributed by atoms with Gasteiger partial charge in [-0.2, -0.15) is 0 Å². The van der Waals surface area contributed by atoms with Gasteiger partial charge < -0.3 is 14.2 Å². The number of carbonyl (C=O) groups is 1. The van der Waals surface area contributed by atoms with E-state index in [-0.39, 0.29) is 23.8 Å². The highest BCUT2D eigenvalue weighted by molar-refractivity contribution is 5.97. The summed E-state index contributed by atoms with van der Waals surface area (Å²) in [5.41, 5.74) is 4.40. The molecule has 0 radical (unpaired) electrons. The van der Waals surface area contributed by atoms with E-state index in [1.54, 1.807) is 31.6 Å². The van der Waals surface area contributed by atoms with Gasteiger partial charge in [-0.25, -0.2) is 9.37 Å². The molecule has 0 unspecified atom stereocenters. The summed E-state index contributed by atoms with van der Waals surface area (Å²) in [5.74, 6) is 0.454. The predicted octanol–water partition coefficient (Wildman–Crippen LogP) is 5.73. The van der Waals surface area contributed by atoms with Crippen molar-refractivity contribution in [3.63, 3.8) is 0 Å². The third kappa shape index (κ3) is 4.70. The van der Waals surface area contributed by atoms with Crippen molar-refractivity contribution in [2.45, 2.75) is 51.6 Å². The van der Waals surface area contributed by atoms with E-state index in [4.69, 9.17) is 4.74 Å². The Morgan fingerprint density at radius 3 is 2.67 bits per heavy atom. The molecule has 0 spiro atoms. The summed E-state index contributed by atoms with van der Waals surface area (Å²) in [6, 6.07) is 6.73. The number of halogens is 1. The van der Waals surface area contributed by atoms with Crippen LogP contribution < -0.4 is 0 Å². The number of benzene rings is 1. The molecule has 172 valence electrons. The lowest BCUT2D eigenvalue weighted by atomic mass is 9.91. The molecule has 5 nitrogen and oxygen atoms in total. The normalized spacial score (nSPS) is 22.9. The Kier molecular flexibility index (Phi) is 6.63. The van der Waals surface area contributed by atoms with Gasteiger partial charge in [-0.15, -0.1) is 0 Å². The zero-order valence-corrected chi connectivity index (χ0v) is 19.4. The first-order valence-electron chi connectivity index (χ1n) is 11.3. The van der Waals surface area contributed by atoms with Crippen LogP contribution in [0.1, 0.15) is 49.9 Å². The molecule has 4 rings (SSSR count). The number of fused-ring (bicyclic) bond motifs is 1. The molecule has 1 aromatic heterocycles. The van der Waals surface area contributed by atoms with Crippen LogP contribution in [0, 0.1) is 12.7 Å².